The molecule has 1 aromatic carbocycles. The Labute approximate surface area is 127 Å². The Morgan fingerprint density at radius 1 is 1.37 bits per heavy atom. The molecule has 1 aliphatic rings. The van der Waals surface area contributed by atoms with Gasteiger partial charge in [-0.15, -0.1) is 0 Å². The summed E-state index contributed by atoms with van der Waals surface area (Å²) in [5.74, 6) is 0.841. The molecule has 1 saturated carbocycles. The van der Waals surface area contributed by atoms with Gasteiger partial charge >= 0.3 is 0 Å². The zero-order chi connectivity index (χ0) is 13.8. The summed E-state index contributed by atoms with van der Waals surface area (Å²) in [6, 6.07) is 5.72. The van der Waals surface area contributed by atoms with E-state index in [4.69, 9.17) is 27.4 Å². The fourth-order valence-electron chi connectivity index (χ4n) is 2.38. The van der Waals surface area contributed by atoms with E-state index in [2.05, 4.69) is 15.9 Å². The van der Waals surface area contributed by atoms with Gasteiger partial charge in [0.05, 0.1) is 6.10 Å². The predicted octanol–water partition coefficient (Wildman–Crippen LogP) is 3.42. The average molecular weight is 344 g/mol. The van der Waals surface area contributed by atoms with Crippen LogP contribution in [0.25, 0.3) is 0 Å². The minimum Gasteiger partial charge on any atom is -0.490 e. The Morgan fingerprint density at radius 3 is 2.74 bits per heavy atom. The number of nitrogens with two attached hydrogens (primary N) is 1. The van der Waals surface area contributed by atoms with Crippen LogP contribution in [0, 0.1) is 0 Å². The van der Waals surface area contributed by atoms with E-state index in [0.29, 0.717) is 11.1 Å². The normalized spacial score (nSPS) is 23.1. The van der Waals surface area contributed by atoms with Gasteiger partial charge in [-0.1, -0.05) is 12.2 Å². The molecule has 1 aromatic rings. The topological polar surface area (TPSA) is 44.5 Å². The third kappa shape index (κ3) is 3.91. The quantitative estimate of drug-likeness (QED) is 0.850. The first-order valence-electron chi connectivity index (χ1n) is 6.39. The summed E-state index contributed by atoms with van der Waals surface area (Å²) in [4.78, 5) is 0.385. The zero-order valence-electron chi connectivity index (χ0n) is 10.9. The van der Waals surface area contributed by atoms with Crippen LogP contribution in [0.1, 0.15) is 31.2 Å². The van der Waals surface area contributed by atoms with E-state index in [-0.39, 0.29) is 6.10 Å². The molecular weight excluding hydrogens is 326 g/mol. The lowest BCUT2D eigenvalue weighted by Crippen LogP contribution is -2.29. The fraction of sp³-hybridized carbons (Fsp3) is 0.500. The van der Waals surface area contributed by atoms with E-state index in [9.17, 15) is 0 Å². The van der Waals surface area contributed by atoms with Crippen molar-refractivity contribution in [3.8, 4) is 5.75 Å². The summed E-state index contributed by atoms with van der Waals surface area (Å²) in [5, 5.41) is 0. The molecule has 0 saturated heterocycles. The summed E-state index contributed by atoms with van der Waals surface area (Å²) < 4.78 is 12.3. The Balaban J connectivity index is 2.03. The van der Waals surface area contributed by atoms with Crippen LogP contribution in [0.2, 0.25) is 0 Å². The molecule has 0 amide bonds. The fourth-order valence-corrected chi connectivity index (χ4v) is 3.27. The van der Waals surface area contributed by atoms with Crippen molar-refractivity contribution in [1.82, 2.24) is 0 Å². The molecule has 1 aliphatic carbocycles. The molecule has 0 spiro atoms. The lowest BCUT2D eigenvalue weighted by Gasteiger charge is -2.28. The van der Waals surface area contributed by atoms with Crippen molar-refractivity contribution >= 4 is 33.1 Å². The first kappa shape index (κ1) is 14.8. The first-order valence-corrected chi connectivity index (χ1v) is 7.59. The van der Waals surface area contributed by atoms with Crippen molar-refractivity contribution in [3.63, 3.8) is 0 Å². The Morgan fingerprint density at radius 2 is 2.11 bits per heavy atom. The Hall–Kier alpha value is -0.650. The minimum atomic E-state index is 0.223. The smallest absolute Gasteiger partial charge is 0.120 e. The van der Waals surface area contributed by atoms with Crippen molar-refractivity contribution in [2.45, 2.75) is 37.9 Å². The third-order valence-electron chi connectivity index (χ3n) is 3.42. The maximum Gasteiger partial charge on any atom is 0.120 e. The maximum absolute atomic E-state index is 6.01. The molecule has 2 atom stereocenters. The van der Waals surface area contributed by atoms with Crippen molar-refractivity contribution in [2.75, 3.05) is 7.11 Å². The molecule has 104 valence electrons. The zero-order valence-corrected chi connectivity index (χ0v) is 13.3. The van der Waals surface area contributed by atoms with E-state index >= 15 is 0 Å². The highest BCUT2D eigenvalue weighted by molar-refractivity contribution is 9.10. The third-order valence-corrected chi connectivity index (χ3v) is 4.30. The predicted molar refractivity (Wildman–Crippen MR) is 83.7 cm³/mol. The lowest BCUT2D eigenvalue weighted by atomic mass is 9.95. The van der Waals surface area contributed by atoms with Crippen molar-refractivity contribution < 1.29 is 9.47 Å². The van der Waals surface area contributed by atoms with E-state index in [1.165, 1.54) is 0 Å². The van der Waals surface area contributed by atoms with Gasteiger partial charge in [-0.25, -0.2) is 0 Å². The van der Waals surface area contributed by atoms with Gasteiger partial charge in [0.15, 0.2) is 0 Å². The Kier molecular flexibility index (Phi) is 5.19. The summed E-state index contributed by atoms with van der Waals surface area (Å²) >= 11 is 8.44. The molecule has 5 heteroatoms. The molecule has 0 heterocycles. The molecule has 2 rings (SSSR count). The molecule has 1 fully saturated rings. The molecule has 2 N–H and O–H groups in total. The van der Waals surface area contributed by atoms with Gasteiger partial charge in [0.25, 0.3) is 0 Å². The summed E-state index contributed by atoms with van der Waals surface area (Å²) in [7, 11) is 1.76. The SMILES string of the molecule is COC1CCCC(Oc2ccc(C(N)=S)c(Br)c2)C1. The highest BCUT2D eigenvalue weighted by Gasteiger charge is 2.23. The second-order valence-electron chi connectivity index (χ2n) is 4.77. The summed E-state index contributed by atoms with van der Waals surface area (Å²) in [6.07, 6.45) is 4.84. The number of halogens is 1. The molecule has 19 heavy (non-hydrogen) atoms. The molecule has 0 aromatic heterocycles. The Bertz CT molecular complexity index is 467. The highest BCUT2D eigenvalue weighted by Crippen LogP contribution is 2.28. The van der Waals surface area contributed by atoms with E-state index in [1.807, 2.05) is 18.2 Å². The molecule has 0 radical (unpaired) electrons. The van der Waals surface area contributed by atoms with Gasteiger partial charge in [0, 0.05) is 23.6 Å². The summed E-state index contributed by atoms with van der Waals surface area (Å²) in [5.41, 5.74) is 6.46. The standard InChI is InChI=1S/C14H18BrNO2S/c1-17-9-3-2-4-10(7-9)18-11-5-6-12(14(16)19)13(15)8-11/h5-6,8-10H,2-4,7H2,1H3,(H2,16,19). The first-order chi connectivity index (χ1) is 9.10. The number of rotatable bonds is 4. The maximum atomic E-state index is 6.01. The van der Waals surface area contributed by atoms with E-state index in [1.54, 1.807) is 7.11 Å². The van der Waals surface area contributed by atoms with Crippen LogP contribution >= 0.6 is 28.1 Å². The summed E-state index contributed by atoms with van der Waals surface area (Å²) in [6.45, 7) is 0. The number of methoxy groups -OCH3 is 1. The van der Waals surface area contributed by atoms with E-state index in [0.717, 1.165) is 41.5 Å². The van der Waals surface area contributed by atoms with Crippen molar-refractivity contribution in [2.24, 2.45) is 5.73 Å². The van der Waals surface area contributed by atoms with Gasteiger partial charge in [0.2, 0.25) is 0 Å². The monoisotopic (exact) mass is 343 g/mol. The van der Waals surface area contributed by atoms with Crippen LogP contribution in [0.3, 0.4) is 0 Å². The molecule has 2 unspecified atom stereocenters. The number of hydrogen-bond donors (Lipinski definition) is 1. The van der Waals surface area contributed by atoms with Gasteiger partial charge in [-0.2, -0.15) is 0 Å². The van der Waals surface area contributed by atoms with Gasteiger partial charge in [-0.05, 0) is 53.4 Å². The second-order valence-corrected chi connectivity index (χ2v) is 6.06. The second kappa shape index (κ2) is 6.68. The lowest BCUT2D eigenvalue weighted by molar-refractivity contribution is 0.0209. The van der Waals surface area contributed by atoms with Crippen molar-refractivity contribution in [3.05, 3.63) is 28.2 Å². The van der Waals surface area contributed by atoms with Gasteiger partial charge < -0.3 is 15.2 Å². The van der Waals surface area contributed by atoms with Gasteiger partial charge in [-0.3, -0.25) is 0 Å². The molecule has 3 nitrogen and oxygen atoms in total. The van der Waals surface area contributed by atoms with Crippen LogP contribution in [-0.2, 0) is 4.74 Å². The van der Waals surface area contributed by atoms with Crippen molar-refractivity contribution in [1.29, 1.82) is 0 Å². The average Bonchev–Trinajstić information content (AvgIpc) is 2.38. The number of thiocarbonyl (C=S) groups is 1. The van der Waals surface area contributed by atoms with Crippen LogP contribution in [0.5, 0.6) is 5.75 Å². The van der Waals surface area contributed by atoms with Crippen LogP contribution in [0.4, 0.5) is 0 Å². The highest BCUT2D eigenvalue weighted by atomic mass is 79.9. The largest absolute Gasteiger partial charge is 0.490 e. The molecule has 0 bridgehead atoms. The minimum absolute atomic E-state index is 0.223. The molecular formula is C14H18BrNO2S. The van der Waals surface area contributed by atoms with E-state index < -0.39 is 0 Å². The van der Waals surface area contributed by atoms with Crippen LogP contribution in [-0.4, -0.2) is 24.3 Å². The van der Waals surface area contributed by atoms with Crippen LogP contribution < -0.4 is 10.5 Å². The number of hydrogen-bond acceptors (Lipinski definition) is 3. The number of ether oxygens (including phenoxy) is 2. The molecule has 0 aliphatic heterocycles. The van der Waals surface area contributed by atoms with Crippen LogP contribution in [0.15, 0.2) is 22.7 Å². The van der Waals surface area contributed by atoms with Gasteiger partial charge in [0.1, 0.15) is 16.8 Å². The number of benzene rings is 1.